The zero-order chi connectivity index (χ0) is 18.1. The second-order valence-electron chi connectivity index (χ2n) is 6.06. The van der Waals surface area contributed by atoms with Crippen LogP contribution in [0.2, 0.25) is 5.02 Å². The summed E-state index contributed by atoms with van der Waals surface area (Å²) in [6.07, 6.45) is 0.107. The number of amides is 2. The van der Waals surface area contributed by atoms with Gasteiger partial charge in [0.05, 0.1) is 24.2 Å². The van der Waals surface area contributed by atoms with Crippen molar-refractivity contribution in [2.75, 3.05) is 17.3 Å². The van der Waals surface area contributed by atoms with Crippen LogP contribution in [-0.2, 0) is 9.59 Å². The Bertz CT molecular complexity index is 830. The third kappa shape index (κ3) is 3.20. The standard InChI is InChI=1S/C19H19ClN2O3/c1-11-5-4-6-12(2)18(11)22-17(23)10-15(19(22)24)21-13-7-8-16(25-3)14(20)9-13/h4-9,15,21H,10H2,1-3H3/t15-/m0/s1. The summed E-state index contributed by atoms with van der Waals surface area (Å²) in [5, 5.41) is 3.54. The molecule has 2 aromatic rings. The number of halogens is 1. The number of para-hydroxylation sites is 1. The predicted octanol–water partition coefficient (Wildman–Crippen LogP) is 3.71. The quantitative estimate of drug-likeness (QED) is 0.846. The van der Waals surface area contributed by atoms with Crippen LogP contribution in [-0.4, -0.2) is 25.0 Å². The number of aryl methyl sites for hydroxylation is 2. The molecule has 3 rings (SSSR count). The molecule has 0 unspecified atom stereocenters. The minimum atomic E-state index is -0.615. The molecule has 0 spiro atoms. The Morgan fingerprint density at radius 1 is 1.16 bits per heavy atom. The van der Waals surface area contributed by atoms with Gasteiger partial charge in [0.1, 0.15) is 11.8 Å². The molecular formula is C19H19ClN2O3. The van der Waals surface area contributed by atoms with E-state index in [4.69, 9.17) is 16.3 Å². The first-order chi connectivity index (χ1) is 11.9. The lowest BCUT2D eigenvalue weighted by atomic mass is 10.1. The smallest absolute Gasteiger partial charge is 0.256 e. The van der Waals surface area contributed by atoms with E-state index in [0.29, 0.717) is 22.1 Å². The Hall–Kier alpha value is -2.53. The molecule has 1 saturated heterocycles. The van der Waals surface area contributed by atoms with Crippen molar-refractivity contribution in [3.63, 3.8) is 0 Å². The molecular weight excluding hydrogens is 340 g/mol. The highest BCUT2D eigenvalue weighted by Crippen LogP contribution is 2.32. The highest BCUT2D eigenvalue weighted by atomic mass is 35.5. The summed E-state index contributed by atoms with van der Waals surface area (Å²) in [6.45, 7) is 3.79. The van der Waals surface area contributed by atoms with Crippen molar-refractivity contribution in [3.05, 3.63) is 52.5 Å². The van der Waals surface area contributed by atoms with E-state index in [0.717, 1.165) is 11.1 Å². The minimum Gasteiger partial charge on any atom is -0.495 e. The molecule has 1 aliphatic heterocycles. The molecule has 1 heterocycles. The van der Waals surface area contributed by atoms with Gasteiger partial charge in [-0.2, -0.15) is 0 Å². The summed E-state index contributed by atoms with van der Waals surface area (Å²) in [7, 11) is 1.54. The number of nitrogens with zero attached hydrogens (tertiary/aromatic N) is 1. The van der Waals surface area contributed by atoms with Gasteiger partial charge in [0.15, 0.2) is 0 Å². The summed E-state index contributed by atoms with van der Waals surface area (Å²) < 4.78 is 5.12. The second kappa shape index (κ2) is 6.76. The fraction of sp³-hybridized carbons (Fsp3) is 0.263. The van der Waals surface area contributed by atoms with Crippen molar-refractivity contribution >= 4 is 34.8 Å². The van der Waals surface area contributed by atoms with Gasteiger partial charge in [0, 0.05) is 5.69 Å². The van der Waals surface area contributed by atoms with Crippen LogP contribution >= 0.6 is 11.6 Å². The lowest BCUT2D eigenvalue weighted by Crippen LogP contribution is -2.35. The number of nitrogens with one attached hydrogen (secondary N) is 1. The van der Waals surface area contributed by atoms with Crippen molar-refractivity contribution in [3.8, 4) is 5.75 Å². The van der Waals surface area contributed by atoms with Crippen LogP contribution in [0.4, 0.5) is 11.4 Å². The van der Waals surface area contributed by atoms with Crippen molar-refractivity contribution in [2.45, 2.75) is 26.3 Å². The predicted molar refractivity (Wildman–Crippen MR) is 98.4 cm³/mol. The van der Waals surface area contributed by atoms with Crippen LogP contribution in [0, 0.1) is 13.8 Å². The first-order valence-electron chi connectivity index (χ1n) is 7.95. The third-order valence-electron chi connectivity index (χ3n) is 4.30. The zero-order valence-electron chi connectivity index (χ0n) is 14.3. The van der Waals surface area contributed by atoms with E-state index < -0.39 is 6.04 Å². The van der Waals surface area contributed by atoms with Crippen molar-refractivity contribution in [1.29, 1.82) is 0 Å². The van der Waals surface area contributed by atoms with Crippen LogP contribution in [0.15, 0.2) is 36.4 Å². The van der Waals surface area contributed by atoms with E-state index in [1.165, 1.54) is 12.0 Å². The molecule has 2 aromatic carbocycles. The SMILES string of the molecule is COc1ccc(N[C@H]2CC(=O)N(c3c(C)cccc3C)C2=O)cc1Cl. The lowest BCUT2D eigenvalue weighted by molar-refractivity contribution is -0.121. The van der Waals surface area contributed by atoms with Crippen molar-refractivity contribution in [2.24, 2.45) is 0 Å². The Labute approximate surface area is 151 Å². The maximum absolute atomic E-state index is 12.8. The number of ether oxygens (including phenoxy) is 1. The van der Waals surface area contributed by atoms with Crippen molar-refractivity contribution < 1.29 is 14.3 Å². The van der Waals surface area contributed by atoms with Crippen LogP contribution in [0.3, 0.4) is 0 Å². The molecule has 5 nitrogen and oxygen atoms in total. The number of rotatable bonds is 4. The minimum absolute atomic E-state index is 0.107. The summed E-state index contributed by atoms with van der Waals surface area (Å²) in [5.41, 5.74) is 3.14. The van der Waals surface area contributed by atoms with E-state index in [1.54, 1.807) is 18.2 Å². The Morgan fingerprint density at radius 2 is 1.84 bits per heavy atom. The molecule has 0 bridgehead atoms. The Kier molecular flexibility index (Phi) is 4.68. The van der Waals surface area contributed by atoms with Gasteiger partial charge in [-0.15, -0.1) is 0 Å². The van der Waals surface area contributed by atoms with Gasteiger partial charge in [-0.3, -0.25) is 9.59 Å². The molecule has 130 valence electrons. The van der Waals surface area contributed by atoms with Gasteiger partial charge in [-0.05, 0) is 43.2 Å². The van der Waals surface area contributed by atoms with Crippen LogP contribution < -0.4 is 15.0 Å². The van der Waals surface area contributed by atoms with E-state index in [2.05, 4.69) is 5.32 Å². The second-order valence-corrected chi connectivity index (χ2v) is 6.47. The van der Waals surface area contributed by atoms with E-state index in [1.807, 2.05) is 32.0 Å². The van der Waals surface area contributed by atoms with Crippen LogP contribution in [0.1, 0.15) is 17.5 Å². The van der Waals surface area contributed by atoms with Gasteiger partial charge in [-0.1, -0.05) is 29.8 Å². The number of anilines is 2. The molecule has 0 radical (unpaired) electrons. The molecule has 25 heavy (non-hydrogen) atoms. The molecule has 1 N–H and O–H groups in total. The van der Waals surface area contributed by atoms with Gasteiger partial charge >= 0.3 is 0 Å². The maximum atomic E-state index is 12.8. The van der Waals surface area contributed by atoms with E-state index >= 15 is 0 Å². The molecule has 1 aliphatic rings. The first-order valence-corrected chi connectivity index (χ1v) is 8.33. The Morgan fingerprint density at radius 3 is 2.44 bits per heavy atom. The van der Waals surface area contributed by atoms with E-state index in [9.17, 15) is 9.59 Å². The highest BCUT2D eigenvalue weighted by Gasteiger charge is 2.40. The number of carbonyl (C=O) groups excluding carboxylic acids is 2. The summed E-state index contributed by atoms with van der Waals surface area (Å²) in [6, 6.07) is 10.3. The van der Waals surface area contributed by atoms with Crippen molar-refractivity contribution in [1.82, 2.24) is 0 Å². The number of hydrogen-bond acceptors (Lipinski definition) is 4. The van der Waals surface area contributed by atoms with Gasteiger partial charge in [0.2, 0.25) is 5.91 Å². The largest absolute Gasteiger partial charge is 0.495 e. The zero-order valence-corrected chi connectivity index (χ0v) is 15.1. The normalized spacial score (nSPS) is 17.1. The maximum Gasteiger partial charge on any atom is 0.256 e. The number of benzene rings is 2. The Balaban J connectivity index is 1.85. The van der Waals surface area contributed by atoms with Gasteiger partial charge < -0.3 is 10.1 Å². The molecule has 0 saturated carbocycles. The average Bonchev–Trinajstić information content (AvgIpc) is 2.82. The average molecular weight is 359 g/mol. The monoisotopic (exact) mass is 358 g/mol. The summed E-state index contributed by atoms with van der Waals surface area (Å²) in [5.74, 6) is 0.0899. The summed E-state index contributed by atoms with van der Waals surface area (Å²) >= 11 is 6.12. The van der Waals surface area contributed by atoms with Crippen LogP contribution in [0.25, 0.3) is 0 Å². The number of hydrogen-bond donors (Lipinski definition) is 1. The number of imide groups is 1. The molecule has 6 heteroatoms. The summed E-state index contributed by atoms with van der Waals surface area (Å²) in [4.78, 5) is 26.6. The van der Waals surface area contributed by atoms with Crippen LogP contribution in [0.5, 0.6) is 5.75 Å². The molecule has 0 aliphatic carbocycles. The number of methoxy groups -OCH3 is 1. The van der Waals surface area contributed by atoms with E-state index in [-0.39, 0.29) is 18.2 Å². The van der Waals surface area contributed by atoms with Gasteiger partial charge in [-0.25, -0.2) is 4.90 Å². The topological polar surface area (TPSA) is 58.6 Å². The fourth-order valence-corrected chi connectivity index (χ4v) is 3.35. The molecule has 1 fully saturated rings. The number of carbonyl (C=O) groups is 2. The first kappa shape index (κ1) is 17.3. The lowest BCUT2D eigenvalue weighted by Gasteiger charge is -2.20. The molecule has 2 amide bonds. The third-order valence-corrected chi connectivity index (χ3v) is 4.60. The molecule has 0 aromatic heterocycles. The molecule has 1 atom stereocenters. The fourth-order valence-electron chi connectivity index (χ4n) is 3.10. The highest BCUT2D eigenvalue weighted by molar-refractivity contribution is 6.32. The van der Waals surface area contributed by atoms with Gasteiger partial charge in [0.25, 0.3) is 5.91 Å².